The Kier molecular flexibility index (Phi) is 2.79. The summed E-state index contributed by atoms with van der Waals surface area (Å²) in [5.74, 6) is -0.650. The first-order valence-electron chi connectivity index (χ1n) is 5.08. The summed E-state index contributed by atoms with van der Waals surface area (Å²) in [5, 5.41) is 10.4. The molecule has 2 aromatic rings. The molecule has 1 heterocycles. The summed E-state index contributed by atoms with van der Waals surface area (Å²) in [6.07, 6.45) is 0. The fraction of sp³-hybridized carbons (Fsp3) is 0.273. The van der Waals surface area contributed by atoms with E-state index in [4.69, 9.17) is 0 Å². The number of hydrogen-bond donors (Lipinski definition) is 1. The second kappa shape index (κ2) is 4.12. The lowest BCUT2D eigenvalue weighted by atomic mass is 10.1. The molecule has 4 nitrogen and oxygen atoms in total. The zero-order chi connectivity index (χ0) is 12.6. The predicted octanol–water partition coefficient (Wildman–Crippen LogP) is 2.11. The lowest BCUT2D eigenvalue weighted by Crippen LogP contribution is -2.02. The number of nitrogens with one attached hydrogen (secondary N) is 1. The van der Waals surface area contributed by atoms with Crippen LogP contribution in [-0.4, -0.2) is 21.8 Å². The summed E-state index contributed by atoms with van der Waals surface area (Å²) in [6, 6.07) is 2.62. The Labute approximate surface area is 97.3 Å². The van der Waals surface area contributed by atoms with Crippen molar-refractivity contribution in [2.45, 2.75) is 6.92 Å². The fourth-order valence-electron chi connectivity index (χ4n) is 1.63. The third kappa shape index (κ3) is 1.75. The van der Waals surface area contributed by atoms with Crippen LogP contribution in [0.4, 0.5) is 14.7 Å². The van der Waals surface area contributed by atoms with Gasteiger partial charge in [0, 0.05) is 14.1 Å². The highest BCUT2D eigenvalue weighted by molar-refractivity contribution is 5.60. The first-order chi connectivity index (χ1) is 8.06. The van der Waals surface area contributed by atoms with Gasteiger partial charge in [0.15, 0.2) is 5.82 Å². The van der Waals surface area contributed by atoms with Gasteiger partial charge in [-0.1, -0.05) is 6.07 Å². The molecule has 1 aromatic carbocycles. The van der Waals surface area contributed by atoms with Crippen LogP contribution >= 0.6 is 0 Å². The third-order valence-corrected chi connectivity index (χ3v) is 2.61. The molecule has 0 aliphatic rings. The van der Waals surface area contributed by atoms with E-state index in [9.17, 15) is 8.78 Å². The zero-order valence-electron chi connectivity index (χ0n) is 9.75. The van der Waals surface area contributed by atoms with E-state index in [-0.39, 0.29) is 11.4 Å². The van der Waals surface area contributed by atoms with Crippen molar-refractivity contribution in [2.24, 2.45) is 7.05 Å². The van der Waals surface area contributed by atoms with E-state index in [2.05, 4.69) is 15.5 Å². The summed E-state index contributed by atoms with van der Waals surface area (Å²) in [7, 11) is 3.30. The van der Waals surface area contributed by atoms with Crippen LogP contribution in [0.5, 0.6) is 0 Å². The van der Waals surface area contributed by atoms with Crippen LogP contribution in [0.15, 0.2) is 12.1 Å². The Balaban J connectivity index is 2.68. The van der Waals surface area contributed by atoms with Crippen molar-refractivity contribution in [3.63, 3.8) is 0 Å². The van der Waals surface area contributed by atoms with Crippen LogP contribution < -0.4 is 5.32 Å². The number of rotatable bonds is 2. The molecule has 0 saturated carbocycles. The quantitative estimate of drug-likeness (QED) is 0.871. The van der Waals surface area contributed by atoms with Crippen molar-refractivity contribution >= 4 is 5.95 Å². The summed E-state index contributed by atoms with van der Waals surface area (Å²) in [6.45, 7) is 1.58. The highest BCUT2D eigenvalue weighted by atomic mass is 19.1. The Morgan fingerprint density at radius 1 is 1.24 bits per heavy atom. The van der Waals surface area contributed by atoms with Gasteiger partial charge in [-0.3, -0.25) is 4.57 Å². The van der Waals surface area contributed by atoms with Crippen molar-refractivity contribution in [3.05, 3.63) is 29.3 Å². The van der Waals surface area contributed by atoms with Crippen molar-refractivity contribution in [3.8, 4) is 11.4 Å². The van der Waals surface area contributed by atoms with Gasteiger partial charge in [0.25, 0.3) is 0 Å². The number of halogens is 2. The number of nitrogens with zero attached hydrogens (tertiary/aromatic N) is 3. The van der Waals surface area contributed by atoms with E-state index in [1.807, 2.05) is 0 Å². The minimum atomic E-state index is -0.647. The summed E-state index contributed by atoms with van der Waals surface area (Å²) < 4.78 is 29.1. The summed E-state index contributed by atoms with van der Waals surface area (Å²) >= 11 is 0. The summed E-state index contributed by atoms with van der Waals surface area (Å²) in [4.78, 5) is 0. The van der Waals surface area contributed by atoms with Crippen LogP contribution in [0.25, 0.3) is 11.4 Å². The van der Waals surface area contributed by atoms with E-state index < -0.39 is 11.6 Å². The molecule has 0 spiro atoms. The van der Waals surface area contributed by atoms with Gasteiger partial charge in [0.1, 0.15) is 11.6 Å². The maximum Gasteiger partial charge on any atom is 0.224 e. The number of aryl methyl sites for hydroxylation is 1. The van der Waals surface area contributed by atoms with Crippen molar-refractivity contribution in [1.29, 1.82) is 0 Å². The Morgan fingerprint density at radius 3 is 2.53 bits per heavy atom. The molecule has 0 atom stereocenters. The number of anilines is 1. The molecule has 6 heteroatoms. The Bertz CT molecular complexity index is 563. The average Bonchev–Trinajstić information content (AvgIpc) is 2.66. The van der Waals surface area contributed by atoms with Gasteiger partial charge in [0.05, 0.1) is 5.56 Å². The molecule has 0 unspecified atom stereocenters. The zero-order valence-corrected chi connectivity index (χ0v) is 9.75. The van der Waals surface area contributed by atoms with E-state index in [0.29, 0.717) is 11.5 Å². The van der Waals surface area contributed by atoms with E-state index in [1.54, 1.807) is 21.0 Å². The number of aromatic nitrogens is 3. The first-order valence-corrected chi connectivity index (χ1v) is 5.08. The molecule has 0 radical (unpaired) electrons. The van der Waals surface area contributed by atoms with Crippen LogP contribution in [0.2, 0.25) is 0 Å². The van der Waals surface area contributed by atoms with Gasteiger partial charge < -0.3 is 5.32 Å². The van der Waals surface area contributed by atoms with Gasteiger partial charge in [-0.15, -0.1) is 10.2 Å². The molecule has 0 bridgehead atoms. The topological polar surface area (TPSA) is 42.7 Å². The first kappa shape index (κ1) is 11.5. The molecule has 90 valence electrons. The maximum atomic E-state index is 13.9. The normalized spacial score (nSPS) is 10.6. The van der Waals surface area contributed by atoms with Crippen LogP contribution in [0.1, 0.15) is 5.56 Å². The van der Waals surface area contributed by atoms with E-state index in [1.165, 1.54) is 16.7 Å². The molecule has 1 aromatic heterocycles. The van der Waals surface area contributed by atoms with Gasteiger partial charge in [-0.2, -0.15) is 0 Å². The predicted molar refractivity (Wildman–Crippen MR) is 60.6 cm³/mol. The Morgan fingerprint density at radius 2 is 1.94 bits per heavy atom. The molecule has 0 saturated heterocycles. The fourth-order valence-corrected chi connectivity index (χ4v) is 1.63. The number of hydrogen-bond acceptors (Lipinski definition) is 3. The number of benzene rings is 1. The highest BCUT2D eigenvalue weighted by Crippen LogP contribution is 2.27. The highest BCUT2D eigenvalue weighted by Gasteiger charge is 2.19. The van der Waals surface area contributed by atoms with Gasteiger partial charge in [-0.25, -0.2) is 8.78 Å². The molecule has 1 N–H and O–H groups in total. The second-order valence-electron chi connectivity index (χ2n) is 3.71. The SMILES string of the molecule is CNc1nnc(-c2c(F)ccc(C)c2F)n1C. The second-order valence-corrected chi connectivity index (χ2v) is 3.71. The maximum absolute atomic E-state index is 13.9. The van der Waals surface area contributed by atoms with Gasteiger partial charge >= 0.3 is 0 Å². The van der Waals surface area contributed by atoms with Gasteiger partial charge in [-0.05, 0) is 18.6 Å². The van der Waals surface area contributed by atoms with Gasteiger partial charge in [0.2, 0.25) is 5.95 Å². The van der Waals surface area contributed by atoms with Crippen molar-refractivity contribution in [2.75, 3.05) is 12.4 Å². The third-order valence-electron chi connectivity index (χ3n) is 2.61. The minimum Gasteiger partial charge on any atom is -0.357 e. The lowest BCUT2D eigenvalue weighted by molar-refractivity contribution is 0.580. The van der Waals surface area contributed by atoms with Crippen LogP contribution in [0.3, 0.4) is 0 Å². The molecule has 0 aliphatic heterocycles. The molecule has 17 heavy (non-hydrogen) atoms. The van der Waals surface area contributed by atoms with E-state index in [0.717, 1.165) is 0 Å². The standard InChI is InChI=1S/C11H12F2N4/c1-6-4-5-7(12)8(9(6)13)10-15-16-11(14-2)17(10)3/h4-5H,1-3H3,(H,14,16). The van der Waals surface area contributed by atoms with E-state index >= 15 is 0 Å². The molecular formula is C11H12F2N4. The van der Waals surface area contributed by atoms with Crippen LogP contribution in [-0.2, 0) is 7.05 Å². The largest absolute Gasteiger partial charge is 0.357 e. The average molecular weight is 238 g/mol. The Hall–Kier alpha value is -1.98. The molecule has 0 fully saturated rings. The molecule has 0 amide bonds. The molecule has 0 aliphatic carbocycles. The monoisotopic (exact) mass is 238 g/mol. The van der Waals surface area contributed by atoms with Crippen molar-refractivity contribution in [1.82, 2.24) is 14.8 Å². The van der Waals surface area contributed by atoms with Crippen LogP contribution in [0, 0.1) is 18.6 Å². The molecule has 2 rings (SSSR count). The van der Waals surface area contributed by atoms with Crippen molar-refractivity contribution < 1.29 is 8.78 Å². The summed E-state index contributed by atoms with van der Waals surface area (Å²) in [5.41, 5.74) is 0.219. The lowest BCUT2D eigenvalue weighted by Gasteiger charge is -2.07. The smallest absolute Gasteiger partial charge is 0.224 e. The molecular weight excluding hydrogens is 226 g/mol. The minimum absolute atomic E-state index is 0.151.